The summed E-state index contributed by atoms with van der Waals surface area (Å²) < 4.78 is 2.32. The number of nitrogens with two attached hydrogens (primary N) is 1. The van der Waals surface area contributed by atoms with Crippen LogP contribution in [0.25, 0.3) is 0 Å². The van der Waals surface area contributed by atoms with Crippen molar-refractivity contribution in [1.29, 1.82) is 0 Å². The zero-order chi connectivity index (χ0) is 14.7. The number of hydrogen-bond acceptors (Lipinski definition) is 4. The number of anilines is 1. The lowest BCUT2D eigenvalue weighted by Gasteiger charge is -2.19. The highest BCUT2D eigenvalue weighted by Crippen LogP contribution is 2.23. The monoisotopic (exact) mass is 278 g/mol. The highest BCUT2D eigenvalue weighted by Gasteiger charge is 2.13. The Labute approximate surface area is 117 Å². The highest BCUT2D eigenvalue weighted by atomic mass is 16.2. The van der Waals surface area contributed by atoms with Crippen LogP contribution in [0.5, 0.6) is 0 Å². The van der Waals surface area contributed by atoms with Crippen LogP contribution in [0.15, 0.2) is 14.6 Å². The van der Waals surface area contributed by atoms with Crippen molar-refractivity contribution in [2.45, 2.75) is 32.1 Å². The molecule has 2 rings (SSSR count). The van der Waals surface area contributed by atoms with Gasteiger partial charge in [-0.3, -0.25) is 18.9 Å². The molecule has 1 aromatic heterocycles. The van der Waals surface area contributed by atoms with E-state index in [4.69, 9.17) is 5.73 Å². The van der Waals surface area contributed by atoms with Gasteiger partial charge in [-0.15, -0.1) is 0 Å². The molecule has 20 heavy (non-hydrogen) atoms. The van der Waals surface area contributed by atoms with Crippen LogP contribution in [-0.4, -0.2) is 21.9 Å². The summed E-state index contributed by atoms with van der Waals surface area (Å²) in [6.07, 6.45) is 7.78. The number of rotatable bonds is 3. The predicted molar refractivity (Wildman–Crippen MR) is 80.4 cm³/mol. The van der Waals surface area contributed by atoms with Gasteiger partial charge in [-0.2, -0.15) is 0 Å². The van der Waals surface area contributed by atoms with Crippen LogP contribution in [0, 0.1) is 5.92 Å². The number of aliphatic imine (C=N–C) groups is 1. The van der Waals surface area contributed by atoms with Crippen LogP contribution >= 0.6 is 0 Å². The van der Waals surface area contributed by atoms with Gasteiger partial charge in [0.05, 0.1) is 5.56 Å². The van der Waals surface area contributed by atoms with Crippen molar-refractivity contribution < 1.29 is 0 Å². The Bertz CT molecular complexity index is 621. The van der Waals surface area contributed by atoms with Crippen LogP contribution in [0.2, 0.25) is 0 Å². The molecule has 0 aromatic carbocycles. The Kier molecular flexibility index (Phi) is 4.42. The minimum absolute atomic E-state index is 0.172. The van der Waals surface area contributed by atoms with Crippen molar-refractivity contribution in [2.24, 2.45) is 25.0 Å². The molecule has 0 spiro atoms. The summed E-state index contributed by atoms with van der Waals surface area (Å²) in [5, 5.41) is 0. The van der Waals surface area contributed by atoms with Crippen molar-refractivity contribution in [3.63, 3.8) is 0 Å². The normalized spacial score (nSPS) is 16.9. The highest BCUT2D eigenvalue weighted by molar-refractivity contribution is 5.85. The first-order valence-corrected chi connectivity index (χ1v) is 7.07. The molecule has 0 bridgehead atoms. The van der Waals surface area contributed by atoms with Crippen molar-refractivity contribution in [3.8, 4) is 0 Å². The van der Waals surface area contributed by atoms with Gasteiger partial charge >= 0.3 is 5.69 Å². The summed E-state index contributed by atoms with van der Waals surface area (Å²) >= 11 is 0. The average molecular weight is 278 g/mol. The van der Waals surface area contributed by atoms with E-state index in [0.29, 0.717) is 11.5 Å². The maximum Gasteiger partial charge on any atom is 0.332 e. The topological polar surface area (TPSA) is 82.4 Å². The van der Waals surface area contributed by atoms with E-state index in [2.05, 4.69) is 4.99 Å². The van der Waals surface area contributed by atoms with Crippen molar-refractivity contribution in [3.05, 3.63) is 26.4 Å². The van der Waals surface area contributed by atoms with E-state index >= 15 is 0 Å². The first kappa shape index (κ1) is 14.6. The van der Waals surface area contributed by atoms with Crippen LogP contribution in [0.3, 0.4) is 0 Å². The molecule has 1 heterocycles. The Morgan fingerprint density at radius 2 is 1.85 bits per heavy atom. The summed E-state index contributed by atoms with van der Waals surface area (Å²) in [6, 6.07) is 0. The minimum atomic E-state index is -0.420. The van der Waals surface area contributed by atoms with Crippen LogP contribution < -0.4 is 17.0 Å². The Hall–Kier alpha value is -1.85. The second-order valence-corrected chi connectivity index (χ2v) is 5.50. The number of nitrogens with zero attached hydrogens (tertiary/aromatic N) is 3. The molecule has 110 valence electrons. The van der Waals surface area contributed by atoms with Crippen molar-refractivity contribution in [1.82, 2.24) is 9.13 Å². The predicted octanol–water partition coefficient (Wildman–Crippen LogP) is 0.665. The summed E-state index contributed by atoms with van der Waals surface area (Å²) in [4.78, 5) is 28.1. The third-order valence-electron chi connectivity index (χ3n) is 4.05. The maximum atomic E-state index is 12.0. The molecule has 0 radical (unpaired) electrons. The first-order valence-electron chi connectivity index (χ1n) is 7.07. The third-order valence-corrected chi connectivity index (χ3v) is 4.05. The lowest BCUT2D eigenvalue weighted by Crippen LogP contribution is -2.40. The molecule has 6 nitrogen and oxygen atoms in total. The van der Waals surface area contributed by atoms with E-state index in [1.807, 2.05) is 0 Å². The standard InChI is InChI=1S/C14H22N4O2/c1-17-12(15)11(13(19)18(2)14(17)20)9-16-8-10-6-4-3-5-7-10/h9-10H,3-8,15H2,1-2H3. The van der Waals surface area contributed by atoms with Gasteiger partial charge in [0.2, 0.25) is 0 Å². The molecule has 0 atom stereocenters. The number of aromatic nitrogens is 2. The number of nitrogen functional groups attached to an aromatic ring is 1. The van der Waals surface area contributed by atoms with Gasteiger partial charge in [0.25, 0.3) is 5.56 Å². The molecule has 1 saturated carbocycles. The molecular weight excluding hydrogens is 256 g/mol. The zero-order valence-electron chi connectivity index (χ0n) is 12.1. The lowest BCUT2D eigenvalue weighted by atomic mass is 9.89. The SMILES string of the molecule is Cn1c(N)c(C=NCC2CCCCC2)c(=O)n(C)c1=O. The molecule has 0 saturated heterocycles. The largest absolute Gasteiger partial charge is 0.384 e. The summed E-state index contributed by atoms with van der Waals surface area (Å²) in [5.74, 6) is 0.781. The third kappa shape index (κ3) is 2.84. The van der Waals surface area contributed by atoms with Gasteiger partial charge in [-0.1, -0.05) is 19.3 Å². The molecule has 0 amide bonds. The van der Waals surface area contributed by atoms with E-state index in [0.717, 1.165) is 11.1 Å². The Morgan fingerprint density at radius 1 is 1.20 bits per heavy atom. The van der Waals surface area contributed by atoms with Crippen LogP contribution in [0.4, 0.5) is 5.82 Å². The lowest BCUT2D eigenvalue weighted by molar-refractivity contribution is 0.367. The van der Waals surface area contributed by atoms with E-state index in [1.54, 1.807) is 7.05 Å². The first-order chi connectivity index (χ1) is 9.52. The fourth-order valence-corrected chi connectivity index (χ4v) is 2.67. The molecular formula is C14H22N4O2. The molecule has 1 aliphatic carbocycles. The second-order valence-electron chi connectivity index (χ2n) is 5.50. The van der Waals surface area contributed by atoms with Crippen molar-refractivity contribution in [2.75, 3.05) is 12.3 Å². The zero-order valence-corrected chi connectivity index (χ0v) is 12.1. The van der Waals surface area contributed by atoms with E-state index < -0.39 is 11.2 Å². The quantitative estimate of drug-likeness (QED) is 0.825. The van der Waals surface area contributed by atoms with Gasteiger partial charge in [-0.05, 0) is 18.8 Å². The molecule has 6 heteroatoms. The smallest absolute Gasteiger partial charge is 0.332 e. The van der Waals surface area contributed by atoms with Crippen LogP contribution in [-0.2, 0) is 14.1 Å². The molecule has 2 N–H and O–H groups in total. The molecule has 1 aliphatic rings. The molecule has 1 fully saturated rings. The van der Waals surface area contributed by atoms with Gasteiger partial charge in [0.1, 0.15) is 5.82 Å². The fraction of sp³-hybridized carbons (Fsp3) is 0.643. The van der Waals surface area contributed by atoms with Gasteiger partial charge in [0.15, 0.2) is 0 Å². The maximum absolute atomic E-state index is 12.0. The molecule has 1 aromatic rings. The van der Waals surface area contributed by atoms with Gasteiger partial charge in [0, 0.05) is 26.9 Å². The second kappa shape index (κ2) is 6.07. The van der Waals surface area contributed by atoms with E-state index in [9.17, 15) is 9.59 Å². The Morgan fingerprint density at radius 3 is 2.50 bits per heavy atom. The minimum Gasteiger partial charge on any atom is -0.384 e. The summed E-state index contributed by atoms with van der Waals surface area (Å²) in [7, 11) is 3.00. The van der Waals surface area contributed by atoms with Crippen molar-refractivity contribution >= 4 is 12.0 Å². The fourth-order valence-electron chi connectivity index (χ4n) is 2.67. The Balaban J connectivity index is 2.21. The van der Waals surface area contributed by atoms with Crippen LogP contribution in [0.1, 0.15) is 37.7 Å². The molecule has 0 unspecified atom stereocenters. The number of hydrogen-bond donors (Lipinski definition) is 1. The molecule has 0 aliphatic heterocycles. The average Bonchev–Trinajstić information content (AvgIpc) is 2.48. The van der Waals surface area contributed by atoms with Gasteiger partial charge < -0.3 is 5.73 Å². The summed E-state index contributed by atoms with van der Waals surface area (Å²) in [6.45, 7) is 0.728. The van der Waals surface area contributed by atoms with E-state index in [-0.39, 0.29) is 5.82 Å². The van der Waals surface area contributed by atoms with Gasteiger partial charge in [-0.25, -0.2) is 4.79 Å². The van der Waals surface area contributed by atoms with E-state index in [1.165, 1.54) is 49.9 Å². The summed E-state index contributed by atoms with van der Waals surface area (Å²) in [5.41, 5.74) is 5.32.